The lowest BCUT2D eigenvalue weighted by Crippen LogP contribution is -2.40. The Morgan fingerprint density at radius 3 is 2.37 bits per heavy atom. The molecular weight excluding hydrogens is 244 g/mol. The minimum absolute atomic E-state index is 0.151. The molecular formula is C14H16N2O3. The SMILES string of the molecule is C[C@H](NC(=O)CN1C(=O)CCC1=O)c1ccccc1. The van der Waals surface area contributed by atoms with Crippen molar-refractivity contribution in [2.45, 2.75) is 25.8 Å². The standard InChI is InChI=1S/C14H16N2O3/c1-10(11-5-3-2-4-6-11)15-12(17)9-16-13(18)7-8-14(16)19/h2-6,10H,7-9H2,1H3,(H,15,17)/t10-/m0/s1. The van der Waals surface area contributed by atoms with Crippen LogP contribution >= 0.6 is 0 Å². The summed E-state index contributed by atoms with van der Waals surface area (Å²) in [5.74, 6) is -0.861. The first-order valence-corrected chi connectivity index (χ1v) is 6.25. The van der Waals surface area contributed by atoms with Crippen LogP contribution < -0.4 is 5.32 Å². The molecule has 1 aromatic rings. The van der Waals surface area contributed by atoms with Gasteiger partial charge in [-0.2, -0.15) is 0 Å². The summed E-state index contributed by atoms with van der Waals surface area (Å²) < 4.78 is 0. The van der Waals surface area contributed by atoms with E-state index in [1.54, 1.807) is 0 Å². The van der Waals surface area contributed by atoms with E-state index in [9.17, 15) is 14.4 Å². The Morgan fingerprint density at radius 1 is 1.21 bits per heavy atom. The number of rotatable bonds is 4. The second-order valence-electron chi connectivity index (χ2n) is 4.57. The summed E-state index contributed by atoms with van der Waals surface area (Å²) in [5, 5.41) is 2.78. The van der Waals surface area contributed by atoms with Gasteiger partial charge in [0.15, 0.2) is 0 Å². The van der Waals surface area contributed by atoms with Gasteiger partial charge in [-0.25, -0.2) is 0 Å². The zero-order chi connectivity index (χ0) is 13.8. The Bertz CT molecular complexity index is 483. The smallest absolute Gasteiger partial charge is 0.240 e. The van der Waals surface area contributed by atoms with Crippen LogP contribution in [0, 0.1) is 0 Å². The van der Waals surface area contributed by atoms with Crippen LogP contribution in [0.3, 0.4) is 0 Å². The van der Waals surface area contributed by atoms with Crippen LogP contribution in [-0.2, 0) is 14.4 Å². The molecule has 3 amide bonds. The topological polar surface area (TPSA) is 66.5 Å². The number of nitrogens with one attached hydrogen (secondary N) is 1. The lowest BCUT2D eigenvalue weighted by Gasteiger charge is -2.17. The molecule has 1 aromatic carbocycles. The van der Waals surface area contributed by atoms with Gasteiger partial charge in [0, 0.05) is 12.8 Å². The highest BCUT2D eigenvalue weighted by Gasteiger charge is 2.30. The third-order valence-corrected chi connectivity index (χ3v) is 3.13. The molecule has 0 aromatic heterocycles. The van der Waals surface area contributed by atoms with E-state index in [-0.39, 0.29) is 43.1 Å². The average Bonchev–Trinajstić information content (AvgIpc) is 2.71. The number of amides is 3. The molecule has 1 fully saturated rings. The van der Waals surface area contributed by atoms with Crippen molar-refractivity contribution in [2.24, 2.45) is 0 Å². The summed E-state index contributed by atoms with van der Waals surface area (Å²) in [6, 6.07) is 9.37. The summed E-state index contributed by atoms with van der Waals surface area (Å²) in [7, 11) is 0. The van der Waals surface area contributed by atoms with Gasteiger partial charge in [0.05, 0.1) is 6.04 Å². The van der Waals surface area contributed by atoms with Crippen molar-refractivity contribution in [3.05, 3.63) is 35.9 Å². The normalized spacial score (nSPS) is 16.6. The number of likely N-dealkylation sites (tertiary alicyclic amines) is 1. The molecule has 1 saturated heterocycles. The van der Waals surface area contributed by atoms with Gasteiger partial charge in [-0.3, -0.25) is 19.3 Å². The summed E-state index contributed by atoms with van der Waals surface area (Å²) in [5.41, 5.74) is 0.981. The van der Waals surface area contributed by atoms with Crippen molar-refractivity contribution < 1.29 is 14.4 Å². The highest BCUT2D eigenvalue weighted by Crippen LogP contribution is 2.13. The molecule has 0 unspecified atom stereocenters. The molecule has 2 rings (SSSR count). The van der Waals surface area contributed by atoms with E-state index in [1.165, 1.54) is 0 Å². The van der Waals surface area contributed by atoms with Crippen LogP contribution in [0.1, 0.15) is 31.4 Å². The van der Waals surface area contributed by atoms with Crippen LogP contribution in [0.5, 0.6) is 0 Å². The molecule has 5 heteroatoms. The average molecular weight is 260 g/mol. The van der Waals surface area contributed by atoms with Gasteiger partial charge in [-0.1, -0.05) is 30.3 Å². The molecule has 5 nitrogen and oxygen atoms in total. The van der Waals surface area contributed by atoms with E-state index in [1.807, 2.05) is 37.3 Å². The maximum atomic E-state index is 11.8. The molecule has 1 aliphatic heterocycles. The molecule has 1 heterocycles. The van der Waals surface area contributed by atoms with Crippen LogP contribution in [0.4, 0.5) is 0 Å². The van der Waals surface area contributed by atoms with E-state index < -0.39 is 0 Å². The van der Waals surface area contributed by atoms with E-state index in [4.69, 9.17) is 0 Å². The van der Waals surface area contributed by atoms with Crippen LogP contribution in [0.25, 0.3) is 0 Å². The first kappa shape index (κ1) is 13.3. The van der Waals surface area contributed by atoms with Crippen molar-refractivity contribution in [1.29, 1.82) is 0 Å². The van der Waals surface area contributed by atoms with Crippen molar-refractivity contribution in [2.75, 3.05) is 6.54 Å². The summed E-state index contributed by atoms with van der Waals surface area (Å²) in [6.07, 6.45) is 0.417. The van der Waals surface area contributed by atoms with Gasteiger partial charge in [-0.05, 0) is 12.5 Å². The minimum atomic E-state index is -0.319. The fourth-order valence-electron chi connectivity index (χ4n) is 2.06. The first-order chi connectivity index (χ1) is 9.08. The van der Waals surface area contributed by atoms with E-state index in [0.717, 1.165) is 10.5 Å². The van der Waals surface area contributed by atoms with Crippen molar-refractivity contribution in [1.82, 2.24) is 10.2 Å². The fourth-order valence-corrected chi connectivity index (χ4v) is 2.06. The van der Waals surface area contributed by atoms with Gasteiger partial charge in [-0.15, -0.1) is 0 Å². The zero-order valence-corrected chi connectivity index (χ0v) is 10.8. The second-order valence-corrected chi connectivity index (χ2v) is 4.57. The van der Waals surface area contributed by atoms with Gasteiger partial charge in [0.2, 0.25) is 17.7 Å². The Hall–Kier alpha value is -2.17. The van der Waals surface area contributed by atoms with Crippen LogP contribution in [0.15, 0.2) is 30.3 Å². The van der Waals surface area contributed by atoms with Gasteiger partial charge < -0.3 is 5.32 Å². The van der Waals surface area contributed by atoms with Crippen molar-refractivity contribution >= 4 is 17.7 Å². The van der Waals surface area contributed by atoms with Crippen LogP contribution in [0.2, 0.25) is 0 Å². The number of hydrogen-bond acceptors (Lipinski definition) is 3. The minimum Gasteiger partial charge on any atom is -0.348 e. The maximum Gasteiger partial charge on any atom is 0.240 e. The van der Waals surface area contributed by atoms with Crippen molar-refractivity contribution in [3.63, 3.8) is 0 Å². The highest BCUT2D eigenvalue weighted by molar-refractivity contribution is 6.04. The van der Waals surface area contributed by atoms with Gasteiger partial charge in [0.25, 0.3) is 0 Å². The number of nitrogens with zero attached hydrogens (tertiary/aromatic N) is 1. The number of carbonyl (C=O) groups is 3. The predicted molar refractivity (Wildman–Crippen MR) is 69.0 cm³/mol. The number of benzene rings is 1. The molecule has 0 radical (unpaired) electrons. The number of imide groups is 1. The van der Waals surface area contributed by atoms with E-state index in [0.29, 0.717) is 0 Å². The Kier molecular flexibility index (Phi) is 3.94. The van der Waals surface area contributed by atoms with Crippen molar-refractivity contribution in [3.8, 4) is 0 Å². The Balaban J connectivity index is 1.91. The third kappa shape index (κ3) is 3.19. The molecule has 0 aliphatic carbocycles. The molecule has 1 N–H and O–H groups in total. The summed E-state index contributed by atoms with van der Waals surface area (Å²) in [6.45, 7) is 1.68. The summed E-state index contributed by atoms with van der Waals surface area (Å²) in [4.78, 5) is 35.6. The molecule has 19 heavy (non-hydrogen) atoms. The number of carbonyl (C=O) groups excluding carboxylic acids is 3. The van der Waals surface area contributed by atoms with Gasteiger partial charge in [0.1, 0.15) is 6.54 Å². The highest BCUT2D eigenvalue weighted by atomic mass is 16.2. The molecule has 1 aliphatic rings. The fraction of sp³-hybridized carbons (Fsp3) is 0.357. The quantitative estimate of drug-likeness (QED) is 0.822. The van der Waals surface area contributed by atoms with E-state index in [2.05, 4.69) is 5.32 Å². The monoisotopic (exact) mass is 260 g/mol. The largest absolute Gasteiger partial charge is 0.348 e. The molecule has 0 bridgehead atoms. The maximum absolute atomic E-state index is 11.8. The Labute approximate surface area is 111 Å². The molecule has 1 atom stereocenters. The lowest BCUT2D eigenvalue weighted by atomic mass is 10.1. The third-order valence-electron chi connectivity index (χ3n) is 3.13. The lowest BCUT2D eigenvalue weighted by molar-refractivity contribution is -0.142. The van der Waals surface area contributed by atoms with E-state index >= 15 is 0 Å². The summed E-state index contributed by atoms with van der Waals surface area (Å²) >= 11 is 0. The molecule has 0 spiro atoms. The second kappa shape index (κ2) is 5.65. The predicted octanol–water partition coefficient (Wildman–Crippen LogP) is 1.01. The Morgan fingerprint density at radius 2 is 1.79 bits per heavy atom. The van der Waals surface area contributed by atoms with Gasteiger partial charge >= 0.3 is 0 Å². The molecule has 0 saturated carbocycles. The van der Waals surface area contributed by atoms with Crippen LogP contribution in [-0.4, -0.2) is 29.2 Å². The molecule has 100 valence electrons. The zero-order valence-electron chi connectivity index (χ0n) is 10.8. The number of hydrogen-bond donors (Lipinski definition) is 1. The first-order valence-electron chi connectivity index (χ1n) is 6.25.